The molecule has 1 unspecified atom stereocenters. The number of aromatic nitrogens is 3. The molecule has 2 aromatic carbocycles. The zero-order chi connectivity index (χ0) is 51.7. The normalized spacial score (nSPS) is 29.5. The van der Waals surface area contributed by atoms with Crippen LogP contribution in [0, 0.1) is 71.6 Å². The molecule has 0 bridgehead atoms. The molecule has 0 spiro atoms. The van der Waals surface area contributed by atoms with Crippen molar-refractivity contribution in [2.75, 3.05) is 0 Å². The van der Waals surface area contributed by atoms with Crippen molar-refractivity contribution < 1.29 is 41.2 Å². The summed E-state index contributed by atoms with van der Waals surface area (Å²) in [6.07, 6.45) is 9.09. The number of ether oxygens (including phenoxy) is 3. The van der Waals surface area contributed by atoms with Crippen molar-refractivity contribution in [1.29, 1.82) is 0 Å². The Morgan fingerprint density at radius 2 is 1.45 bits per heavy atom. The van der Waals surface area contributed by atoms with Gasteiger partial charge in [0, 0.05) is 45.1 Å². The first kappa shape index (κ1) is 54.4. The fourth-order valence-electron chi connectivity index (χ4n) is 13.5. The van der Waals surface area contributed by atoms with E-state index in [0.717, 1.165) is 62.5 Å². The van der Waals surface area contributed by atoms with Crippen LogP contribution < -0.4 is 0 Å². The van der Waals surface area contributed by atoms with Crippen LogP contribution in [-0.2, 0) is 61.3 Å². The maximum atomic E-state index is 15.6. The maximum absolute atomic E-state index is 15.6. The molecule has 3 aromatic rings. The van der Waals surface area contributed by atoms with Gasteiger partial charge in [-0.3, -0.25) is 14.4 Å². The second-order valence-corrected chi connectivity index (χ2v) is 31.6. The van der Waals surface area contributed by atoms with Crippen molar-refractivity contribution in [3.63, 3.8) is 0 Å². The van der Waals surface area contributed by atoms with E-state index in [0.29, 0.717) is 44.3 Å². The highest BCUT2D eigenvalue weighted by Crippen LogP contribution is 2.69. The Hall–Kier alpha value is -4.33. The second-order valence-electron chi connectivity index (χ2n) is 22.9. The maximum Gasteiger partial charge on any atom is 0.302 e. The summed E-state index contributed by atoms with van der Waals surface area (Å²) in [6, 6.07) is 13.3. The zero-order valence-electron chi connectivity index (χ0n) is 44.0. The number of benzene rings is 2. The van der Waals surface area contributed by atoms with Gasteiger partial charge >= 0.3 is 17.9 Å². The van der Waals surface area contributed by atoms with E-state index in [1.807, 2.05) is 18.5 Å². The minimum atomic E-state index is -4.41. The average molecular weight is 1030 g/mol. The number of rotatable bonds is 16. The van der Waals surface area contributed by atoms with Crippen molar-refractivity contribution in [3.8, 4) is 11.5 Å². The largest absolute Gasteiger partial charge is 0.463 e. The predicted molar refractivity (Wildman–Crippen MR) is 276 cm³/mol. The fourth-order valence-corrected chi connectivity index (χ4v) is 18.1. The molecule has 7 rings (SSSR count). The topological polar surface area (TPSA) is 173 Å². The van der Waals surface area contributed by atoms with E-state index in [9.17, 15) is 22.8 Å². The lowest BCUT2D eigenvalue weighted by molar-refractivity contribution is -0.224. The van der Waals surface area contributed by atoms with Crippen molar-refractivity contribution in [2.24, 2.45) is 50.1 Å². The van der Waals surface area contributed by atoms with Gasteiger partial charge in [0.15, 0.2) is 5.03 Å². The van der Waals surface area contributed by atoms with Crippen LogP contribution in [0.2, 0.25) is 19.6 Å². The third kappa shape index (κ3) is 11.9. The molecule has 4 fully saturated rings. The van der Waals surface area contributed by atoms with E-state index in [1.54, 1.807) is 36.4 Å². The van der Waals surface area contributed by atoms with Gasteiger partial charge in [0.1, 0.15) is 36.1 Å². The number of carbonyl (C=O) groups is 3. The number of esters is 3. The Morgan fingerprint density at radius 1 is 0.817 bits per heavy atom. The number of sulfonamides is 1. The van der Waals surface area contributed by atoms with Crippen LogP contribution in [0.5, 0.6) is 0 Å². The molecule has 0 N–H and O–H groups in total. The zero-order valence-corrected chi connectivity index (χ0v) is 46.6. The summed E-state index contributed by atoms with van der Waals surface area (Å²) in [4.78, 5) is 38.1. The highest BCUT2D eigenvalue weighted by molar-refractivity contribution is 8.03. The number of hydrogen-bond donors (Lipinski definition) is 0. The summed E-state index contributed by atoms with van der Waals surface area (Å²) in [5.41, 5.74) is 5.38. The van der Waals surface area contributed by atoms with E-state index < -0.39 is 27.8 Å². The molecule has 0 amide bonds. The smallest absolute Gasteiger partial charge is 0.302 e. The molecule has 0 saturated heterocycles. The molecular formula is C55H78N4O9S2Si. The summed E-state index contributed by atoms with van der Waals surface area (Å²) < 4.78 is 68.4. The molecule has 388 valence electrons. The molecule has 1 heterocycles. The molecule has 13 nitrogen and oxygen atoms in total. The van der Waals surface area contributed by atoms with Gasteiger partial charge < -0.3 is 14.2 Å². The van der Waals surface area contributed by atoms with E-state index in [-0.39, 0.29) is 97.4 Å². The van der Waals surface area contributed by atoms with E-state index in [2.05, 4.69) is 66.0 Å². The minimum absolute atomic E-state index is 0.0497. The number of hydrogen-bond acceptors (Lipinski definition) is 11. The van der Waals surface area contributed by atoms with Gasteiger partial charge in [0.2, 0.25) is 0 Å². The predicted octanol–water partition coefficient (Wildman–Crippen LogP) is 10.9. The Kier molecular flexibility index (Phi) is 16.6. The third-order valence-electron chi connectivity index (χ3n) is 16.8. The summed E-state index contributed by atoms with van der Waals surface area (Å²) >= 11 is 0. The van der Waals surface area contributed by atoms with Crippen molar-refractivity contribution in [2.45, 2.75) is 198 Å². The Morgan fingerprint density at radius 3 is 2.07 bits per heavy atom. The van der Waals surface area contributed by atoms with Crippen LogP contribution in [0.3, 0.4) is 0 Å². The fraction of sp³-hybridized carbons (Fsp3) is 0.655. The molecule has 71 heavy (non-hydrogen) atoms. The minimum Gasteiger partial charge on any atom is -0.463 e. The Balaban J connectivity index is 1.18. The lowest BCUT2D eigenvalue weighted by atomic mass is 9.43. The quantitative estimate of drug-likeness (QED) is 0.0439. The third-order valence-corrected chi connectivity index (χ3v) is 22.0. The lowest BCUT2D eigenvalue weighted by Gasteiger charge is -2.64. The number of unbranched alkanes of at least 4 members (excludes halogenated alkanes) is 2. The first-order chi connectivity index (χ1) is 33.4. The van der Waals surface area contributed by atoms with Gasteiger partial charge in [-0.15, -0.1) is 16.6 Å². The number of fused-ring (bicyclic) bond motifs is 5. The molecule has 0 aliphatic heterocycles. The molecule has 4 aliphatic carbocycles. The van der Waals surface area contributed by atoms with Gasteiger partial charge in [-0.2, -0.15) is 8.42 Å². The van der Waals surface area contributed by atoms with E-state index >= 15 is 4.21 Å². The Labute approximate surface area is 425 Å². The number of aryl methyl sites for hydroxylation is 3. The highest BCUT2D eigenvalue weighted by Gasteiger charge is 2.67. The van der Waals surface area contributed by atoms with Crippen LogP contribution in [0.15, 0.2) is 67.1 Å². The number of carbonyl (C=O) groups excluding carboxylic acids is 3. The lowest BCUT2D eigenvalue weighted by Crippen LogP contribution is -2.63. The van der Waals surface area contributed by atoms with Gasteiger partial charge in [-0.05, 0) is 150 Å². The molecular weight excluding hydrogens is 953 g/mol. The van der Waals surface area contributed by atoms with Crippen LogP contribution >= 0.6 is 0 Å². The van der Waals surface area contributed by atoms with Crippen molar-refractivity contribution >= 4 is 45.7 Å². The monoisotopic (exact) mass is 1030 g/mol. The average Bonchev–Trinajstić information content (AvgIpc) is 3.86. The molecule has 4 aliphatic rings. The summed E-state index contributed by atoms with van der Waals surface area (Å²) in [7, 11) is -9.82. The van der Waals surface area contributed by atoms with Crippen LogP contribution in [0.1, 0.15) is 135 Å². The van der Waals surface area contributed by atoms with Crippen molar-refractivity contribution in [1.82, 2.24) is 15.0 Å². The van der Waals surface area contributed by atoms with Gasteiger partial charge in [-0.25, -0.2) is 8.89 Å². The molecule has 0 radical (unpaired) electrons. The highest BCUT2D eigenvalue weighted by atomic mass is 32.3. The van der Waals surface area contributed by atoms with E-state index in [1.165, 1.54) is 32.9 Å². The Bertz CT molecular complexity index is 2730. The van der Waals surface area contributed by atoms with Crippen LogP contribution in [-0.4, -0.2) is 71.9 Å². The van der Waals surface area contributed by atoms with Gasteiger partial charge in [-0.1, -0.05) is 84.8 Å². The molecule has 1 aromatic heterocycles. The van der Waals surface area contributed by atoms with Crippen LogP contribution in [0.4, 0.5) is 0 Å². The first-order valence-corrected chi connectivity index (χ1v) is 32.4. The van der Waals surface area contributed by atoms with E-state index in [4.69, 9.17) is 14.2 Å². The molecule has 12 atom stereocenters. The van der Waals surface area contributed by atoms with Gasteiger partial charge in [0.25, 0.3) is 10.0 Å². The van der Waals surface area contributed by atoms with Crippen LogP contribution in [0.25, 0.3) is 0 Å². The van der Waals surface area contributed by atoms with Crippen molar-refractivity contribution in [3.05, 3.63) is 65.4 Å². The standard InChI is InChI=1S/C55H78N4O9S2Si/c1-36-19-23-44(24-20-36)69(63,58-70(64,65)45-25-21-37(2)22-26-45)53-49(18-14-12-13-15-32-71(9,10)11)59(57-56-53)31-16-17-38(3)46-27-28-47-52-48(35-51(55(46,47)8)68-41(6)62)54(7)30-29-43(66-39(4)60)33-42(54)34-50(52)67-40(5)61/h19-26,38,42-43,46-48,50-52H,12-14,16-18,27-31,33-35H2,1-11H3/t38-,42+,43-,46-,47+,48+,50-,51+,52+,54+,55-,69?/m1/s1. The summed E-state index contributed by atoms with van der Waals surface area (Å²) in [6.45, 7) is 22.3. The molecule has 16 heteroatoms. The molecule has 4 saturated carbocycles. The first-order valence-electron chi connectivity index (χ1n) is 26.0. The van der Waals surface area contributed by atoms with Gasteiger partial charge in [0.05, 0.1) is 15.5 Å². The summed E-state index contributed by atoms with van der Waals surface area (Å²) in [5.74, 6) is 3.50. The summed E-state index contributed by atoms with van der Waals surface area (Å²) in [5, 5.41) is 9.26. The second kappa shape index (κ2) is 21.6. The number of nitrogens with zero attached hydrogens (tertiary/aromatic N) is 4. The SMILES string of the molecule is CC(=O)O[C@@H]1CC[C@@]2(C)[C@@H](C1)C[C@@H](OC(C)=O)[C@@H]1[C@@H]2C[C@H](OC(C)=O)[C@]2(C)[C@@H]([C@H](C)CCCn3nnc(S(=O)(=NS(=O)(=O)c4ccc(C)cc4)c4ccc(C)cc4)c3CCCCC#C[Si](C)(C)C)CC[C@@H]12.